The van der Waals surface area contributed by atoms with Crippen molar-refractivity contribution in [2.24, 2.45) is 14.1 Å². The van der Waals surface area contributed by atoms with Crippen LogP contribution in [0.25, 0.3) is 46.1 Å². The minimum atomic E-state index is 0. The van der Waals surface area contributed by atoms with Crippen molar-refractivity contribution >= 4 is 46.1 Å². The molecule has 5 aromatic rings. The van der Waals surface area contributed by atoms with Crippen LogP contribution in [0.5, 0.6) is 0 Å². The first-order valence-corrected chi connectivity index (χ1v) is 16.8. The molecule has 0 saturated carbocycles. The number of likely N-dealkylation sites (tertiary alicyclic amines) is 1. The molecule has 4 heterocycles. The molecule has 2 aromatic carbocycles. The minimum absolute atomic E-state index is 0. The monoisotopic (exact) mass is 998 g/mol. The molecule has 1 aliphatic heterocycles. The van der Waals surface area contributed by atoms with Gasteiger partial charge in [-0.15, -0.1) is 0 Å². The molecule has 49 heavy (non-hydrogen) atoms. The van der Waals surface area contributed by atoms with E-state index in [9.17, 15) is 0 Å². The highest BCUT2D eigenvalue weighted by molar-refractivity contribution is 6.09. The second-order valence-electron chi connectivity index (χ2n) is 13.0. The van der Waals surface area contributed by atoms with Gasteiger partial charge in [-0.2, -0.15) is 0 Å². The summed E-state index contributed by atoms with van der Waals surface area (Å²) in [5, 5.41) is 2.52. The summed E-state index contributed by atoms with van der Waals surface area (Å²) in [5.74, 6) is 0. The van der Waals surface area contributed by atoms with Crippen LogP contribution in [0, 0.1) is 0 Å². The number of piperidine rings is 1. The summed E-state index contributed by atoms with van der Waals surface area (Å²) in [6.45, 7) is 7.20. The summed E-state index contributed by atoms with van der Waals surface area (Å²) in [5.41, 5.74) is 7.21. The molecule has 0 aliphatic carbocycles. The number of benzene rings is 2. The Bertz CT molecular complexity index is 1700. The molecule has 0 bridgehead atoms. The highest BCUT2D eigenvalue weighted by Crippen LogP contribution is 2.32. The van der Waals surface area contributed by atoms with E-state index in [2.05, 4.69) is 131 Å². The lowest BCUT2D eigenvalue weighted by atomic mass is 10.1. The predicted molar refractivity (Wildman–Crippen MR) is 189 cm³/mol. The number of halogens is 3. The van der Waals surface area contributed by atoms with E-state index in [1.807, 2.05) is 14.1 Å². The molecule has 1 saturated heterocycles. The number of aryl methyl sites for hydroxylation is 2. The molecule has 0 atom stereocenters. The second-order valence-corrected chi connectivity index (χ2v) is 13.0. The lowest BCUT2D eigenvalue weighted by Crippen LogP contribution is -3.00. The van der Waals surface area contributed by atoms with E-state index in [4.69, 9.17) is 9.47 Å². The fourth-order valence-corrected chi connectivity index (χ4v) is 6.48. The predicted octanol–water partition coefficient (Wildman–Crippen LogP) is -2.54. The third kappa shape index (κ3) is 11.5. The van der Waals surface area contributed by atoms with Gasteiger partial charge in [0.2, 0.25) is 0 Å². The van der Waals surface area contributed by atoms with E-state index in [0.717, 1.165) is 24.2 Å². The SMILES string of the molecule is C[n+]1ccc(/C=C/c2ccc3c(c2)c2cc(/C=C/c4cc[n+](C)cc4)ccc2n3CCOCCOCC[N+]2(C)CCCCC2)cc1.[I-].[I-].[I-]. The maximum Gasteiger partial charge on any atom is 0.169 e. The van der Waals surface area contributed by atoms with Crippen LogP contribution in [-0.4, -0.2) is 62.2 Å². The lowest BCUT2D eigenvalue weighted by Gasteiger charge is -2.37. The summed E-state index contributed by atoms with van der Waals surface area (Å²) in [6, 6.07) is 22.1. The molecule has 6 nitrogen and oxygen atoms in total. The molecule has 0 N–H and O–H groups in total. The number of aromatic nitrogens is 3. The van der Waals surface area contributed by atoms with E-state index >= 15 is 0 Å². The largest absolute Gasteiger partial charge is 1.00 e. The molecule has 0 amide bonds. The quantitative estimate of drug-likeness (QED) is 0.0565. The summed E-state index contributed by atoms with van der Waals surface area (Å²) in [6.07, 6.45) is 21.1. The first-order chi connectivity index (χ1) is 22.5. The number of fused-ring (bicyclic) bond motifs is 3. The number of hydrogen-bond acceptors (Lipinski definition) is 2. The molecule has 1 fully saturated rings. The average molecular weight is 999 g/mol. The van der Waals surface area contributed by atoms with Crippen molar-refractivity contribution in [2.75, 3.05) is 53.1 Å². The van der Waals surface area contributed by atoms with Crippen molar-refractivity contribution in [1.29, 1.82) is 0 Å². The maximum atomic E-state index is 6.08. The zero-order valence-electron chi connectivity index (χ0n) is 28.9. The molecule has 6 rings (SSSR count). The highest BCUT2D eigenvalue weighted by atomic mass is 127. The lowest BCUT2D eigenvalue weighted by molar-refractivity contribution is -0.914. The Morgan fingerprint density at radius 3 is 1.53 bits per heavy atom. The number of rotatable bonds is 13. The Morgan fingerprint density at radius 1 is 0.592 bits per heavy atom. The number of ether oxygens (including phenoxy) is 2. The van der Waals surface area contributed by atoms with Gasteiger partial charge in [-0.1, -0.05) is 36.4 Å². The van der Waals surface area contributed by atoms with Gasteiger partial charge < -0.3 is 90.5 Å². The molecule has 0 radical (unpaired) electrons. The van der Waals surface area contributed by atoms with Gasteiger partial charge in [0.15, 0.2) is 24.8 Å². The van der Waals surface area contributed by atoms with Gasteiger partial charge in [0, 0.05) is 52.6 Å². The number of pyridine rings is 2. The van der Waals surface area contributed by atoms with E-state index in [-0.39, 0.29) is 71.9 Å². The molecule has 0 unspecified atom stereocenters. The third-order valence-electron chi connectivity index (χ3n) is 9.36. The third-order valence-corrected chi connectivity index (χ3v) is 9.36. The zero-order chi connectivity index (χ0) is 31.8. The van der Waals surface area contributed by atoms with Gasteiger partial charge in [0.1, 0.15) is 20.6 Å². The molecular formula is C40H49I3N4O2. The molecular weight excluding hydrogens is 949 g/mol. The molecule has 262 valence electrons. The maximum absolute atomic E-state index is 6.08. The first kappa shape index (κ1) is 41.5. The van der Waals surface area contributed by atoms with Gasteiger partial charge in [0.25, 0.3) is 0 Å². The van der Waals surface area contributed by atoms with Crippen LogP contribution in [0.15, 0.2) is 85.5 Å². The van der Waals surface area contributed by atoms with Crippen molar-refractivity contribution in [3.8, 4) is 0 Å². The van der Waals surface area contributed by atoms with E-state index in [0.29, 0.717) is 19.8 Å². The van der Waals surface area contributed by atoms with Crippen molar-refractivity contribution in [3.05, 3.63) is 108 Å². The smallest absolute Gasteiger partial charge is 0.169 e. The van der Waals surface area contributed by atoms with Crippen molar-refractivity contribution in [1.82, 2.24) is 4.57 Å². The number of likely N-dealkylation sites (N-methyl/N-ethyl adjacent to an activating group) is 1. The number of quaternary nitrogens is 1. The Morgan fingerprint density at radius 2 is 1.04 bits per heavy atom. The van der Waals surface area contributed by atoms with Gasteiger partial charge in [0.05, 0.1) is 46.6 Å². The fourth-order valence-electron chi connectivity index (χ4n) is 6.48. The number of nitrogens with zero attached hydrogens (tertiary/aromatic N) is 4. The Hall–Kier alpha value is -1.91. The summed E-state index contributed by atoms with van der Waals surface area (Å²) < 4.78 is 19.7. The van der Waals surface area contributed by atoms with Gasteiger partial charge in [-0.3, -0.25) is 0 Å². The minimum Gasteiger partial charge on any atom is -1.00 e. The molecule has 1 aliphatic rings. The highest BCUT2D eigenvalue weighted by Gasteiger charge is 2.24. The van der Waals surface area contributed by atoms with Gasteiger partial charge >= 0.3 is 0 Å². The average Bonchev–Trinajstić information content (AvgIpc) is 3.37. The van der Waals surface area contributed by atoms with E-state index in [1.165, 1.54) is 76.4 Å². The zero-order valence-corrected chi connectivity index (χ0v) is 35.4. The van der Waals surface area contributed by atoms with Crippen LogP contribution in [0.4, 0.5) is 0 Å². The number of hydrogen-bond donors (Lipinski definition) is 0. The van der Waals surface area contributed by atoms with Crippen LogP contribution in [0.2, 0.25) is 0 Å². The van der Waals surface area contributed by atoms with Gasteiger partial charge in [-0.25, -0.2) is 9.13 Å². The van der Waals surface area contributed by atoms with E-state index in [1.54, 1.807) is 0 Å². The summed E-state index contributed by atoms with van der Waals surface area (Å²) in [4.78, 5) is 0. The fraction of sp³-hybridized carbons (Fsp3) is 0.350. The normalized spacial score (nSPS) is 14.2. The molecule has 3 aromatic heterocycles. The Balaban J connectivity index is 0.00000217. The summed E-state index contributed by atoms with van der Waals surface area (Å²) >= 11 is 0. The first-order valence-electron chi connectivity index (χ1n) is 16.8. The summed E-state index contributed by atoms with van der Waals surface area (Å²) in [7, 11) is 6.45. The van der Waals surface area contributed by atoms with Crippen LogP contribution in [0.3, 0.4) is 0 Å². The second kappa shape index (κ2) is 20.2. The van der Waals surface area contributed by atoms with Crippen molar-refractivity contribution in [3.63, 3.8) is 0 Å². The van der Waals surface area contributed by atoms with Crippen LogP contribution in [0.1, 0.15) is 41.5 Å². The molecule has 9 heteroatoms. The Labute approximate surface area is 343 Å². The van der Waals surface area contributed by atoms with Crippen LogP contribution >= 0.6 is 0 Å². The van der Waals surface area contributed by atoms with Crippen molar-refractivity contribution in [2.45, 2.75) is 25.8 Å². The van der Waals surface area contributed by atoms with E-state index < -0.39 is 0 Å². The Kier molecular flexibility index (Phi) is 17.1. The van der Waals surface area contributed by atoms with Crippen LogP contribution < -0.4 is 81.1 Å². The topological polar surface area (TPSA) is 31.2 Å². The van der Waals surface area contributed by atoms with Crippen LogP contribution in [-0.2, 0) is 30.1 Å². The van der Waals surface area contributed by atoms with Gasteiger partial charge in [-0.05, 0) is 65.8 Å². The molecule has 0 spiro atoms. The standard InChI is InChI=1S/C40H49N4O2.3HI/c1-41-19-15-33(16-20-41)7-9-35-11-13-39-37(31-35)38-32-36(10-8-34-17-21-42(2)22-18-34)12-14-40(38)43(39)23-27-45-29-30-46-28-26-44(3)24-5-4-6-25-44;;;/h7-22,31-32H,4-6,23-30H2,1-3H3;3*1H/q+3;;;/p-3. The van der Waals surface area contributed by atoms with Crippen molar-refractivity contribution < 1.29 is 95.0 Å².